The second-order valence-corrected chi connectivity index (χ2v) is 10.9. The molecule has 39 heavy (non-hydrogen) atoms. The highest BCUT2D eigenvalue weighted by atomic mass is 32.2. The standard InChI is InChI=1S/C29H40N4O5S/c1-8-26-27(22-11-14-24(36-6)25(17-22)37-7)31-33(29(35)39-26)18-21-9-12-23(13-10-21)30-28(34)38-16-15-32(19(2)3)20(4)5/h9-14,17,19-20,26H,8,15-16,18H2,1-7H3,(H,30,34). The van der Waals surface area contributed by atoms with Gasteiger partial charge in [0.05, 0.1) is 31.7 Å². The van der Waals surface area contributed by atoms with Crippen molar-refractivity contribution in [3.8, 4) is 11.5 Å². The van der Waals surface area contributed by atoms with Gasteiger partial charge in [-0.3, -0.25) is 15.0 Å². The van der Waals surface area contributed by atoms with Gasteiger partial charge in [-0.05, 0) is 70.0 Å². The summed E-state index contributed by atoms with van der Waals surface area (Å²) < 4.78 is 16.2. The molecule has 1 heterocycles. The number of amides is 2. The van der Waals surface area contributed by atoms with Gasteiger partial charge in [0.2, 0.25) is 0 Å². The lowest BCUT2D eigenvalue weighted by Crippen LogP contribution is -2.39. The van der Waals surface area contributed by atoms with Crippen molar-refractivity contribution in [2.24, 2.45) is 5.10 Å². The number of hydrazone groups is 1. The van der Waals surface area contributed by atoms with E-state index in [0.29, 0.717) is 49.0 Å². The molecule has 0 fully saturated rings. The van der Waals surface area contributed by atoms with E-state index in [1.165, 1.54) is 16.8 Å². The number of thioether (sulfide) groups is 1. The van der Waals surface area contributed by atoms with E-state index in [9.17, 15) is 9.59 Å². The molecule has 10 heteroatoms. The summed E-state index contributed by atoms with van der Waals surface area (Å²) in [6.45, 7) is 11.8. The van der Waals surface area contributed by atoms with Crippen molar-refractivity contribution in [1.29, 1.82) is 0 Å². The Morgan fingerprint density at radius 1 is 1.05 bits per heavy atom. The Bertz CT molecular complexity index is 1140. The molecule has 1 atom stereocenters. The molecule has 0 spiro atoms. The number of anilines is 1. The van der Waals surface area contributed by atoms with Crippen molar-refractivity contribution in [2.45, 2.75) is 64.9 Å². The smallest absolute Gasteiger partial charge is 0.411 e. The van der Waals surface area contributed by atoms with E-state index < -0.39 is 6.09 Å². The zero-order valence-corrected chi connectivity index (χ0v) is 24.7. The molecule has 212 valence electrons. The molecule has 0 aliphatic carbocycles. The third kappa shape index (κ3) is 8.12. The molecule has 1 N–H and O–H groups in total. The molecule has 0 bridgehead atoms. The van der Waals surface area contributed by atoms with Crippen molar-refractivity contribution in [2.75, 3.05) is 32.7 Å². The van der Waals surface area contributed by atoms with E-state index in [4.69, 9.17) is 19.3 Å². The van der Waals surface area contributed by atoms with Crippen LogP contribution in [-0.2, 0) is 11.3 Å². The van der Waals surface area contributed by atoms with E-state index in [1.54, 1.807) is 26.4 Å². The van der Waals surface area contributed by atoms with Gasteiger partial charge >= 0.3 is 11.3 Å². The number of methoxy groups -OCH3 is 2. The van der Waals surface area contributed by atoms with Crippen LogP contribution in [0.4, 0.5) is 15.3 Å². The number of hydrogen-bond donors (Lipinski definition) is 1. The molecule has 1 aliphatic rings. The van der Waals surface area contributed by atoms with Gasteiger partial charge in [0.15, 0.2) is 11.5 Å². The Labute approximate surface area is 235 Å². The van der Waals surface area contributed by atoms with Gasteiger partial charge in [-0.1, -0.05) is 30.8 Å². The molecule has 1 aliphatic heterocycles. The van der Waals surface area contributed by atoms with Gasteiger partial charge in [0.1, 0.15) is 6.61 Å². The highest BCUT2D eigenvalue weighted by Gasteiger charge is 2.30. The Hall–Kier alpha value is -3.24. The number of hydrogen-bond acceptors (Lipinski definition) is 8. The summed E-state index contributed by atoms with van der Waals surface area (Å²) in [6.07, 6.45) is 0.272. The summed E-state index contributed by atoms with van der Waals surface area (Å²) in [5, 5.41) is 8.83. The van der Waals surface area contributed by atoms with E-state index in [0.717, 1.165) is 23.3 Å². The van der Waals surface area contributed by atoms with Crippen LogP contribution in [0.15, 0.2) is 47.6 Å². The van der Waals surface area contributed by atoms with Crippen molar-refractivity contribution in [1.82, 2.24) is 9.91 Å². The number of carbonyl (C=O) groups is 2. The molecule has 2 aromatic rings. The van der Waals surface area contributed by atoms with E-state index in [-0.39, 0.29) is 10.5 Å². The summed E-state index contributed by atoms with van der Waals surface area (Å²) in [5.74, 6) is 1.25. The van der Waals surface area contributed by atoms with Crippen molar-refractivity contribution < 1.29 is 23.8 Å². The molecule has 3 rings (SSSR count). The summed E-state index contributed by atoms with van der Waals surface area (Å²) in [5.41, 5.74) is 3.20. The highest BCUT2D eigenvalue weighted by molar-refractivity contribution is 8.14. The van der Waals surface area contributed by atoms with Crippen molar-refractivity contribution in [3.05, 3.63) is 53.6 Å². The van der Waals surface area contributed by atoms with Crippen LogP contribution in [0.5, 0.6) is 11.5 Å². The van der Waals surface area contributed by atoms with Crippen molar-refractivity contribution in [3.63, 3.8) is 0 Å². The summed E-state index contributed by atoms with van der Waals surface area (Å²) in [4.78, 5) is 27.4. The van der Waals surface area contributed by atoms with Crippen LogP contribution < -0.4 is 14.8 Å². The average Bonchev–Trinajstić information content (AvgIpc) is 2.92. The van der Waals surface area contributed by atoms with Crippen LogP contribution in [-0.4, -0.2) is 71.7 Å². The fraction of sp³-hybridized carbons (Fsp3) is 0.483. The van der Waals surface area contributed by atoms with E-state index >= 15 is 0 Å². The fourth-order valence-corrected chi connectivity index (χ4v) is 5.40. The van der Waals surface area contributed by atoms with Gasteiger partial charge in [-0.2, -0.15) is 5.10 Å². The number of nitrogens with zero attached hydrogens (tertiary/aromatic N) is 3. The van der Waals surface area contributed by atoms with Gasteiger partial charge in [0.25, 0.3) is 0 Å². The SMILES string of the molecule is CCC1SC(=O)N(Cc2ccc(NC(=O)OCCN(C(C)C)C(C)C)cc2)N=C1c1ccc(OC)c(OC)c1. The molecule has 0 aromatic heterocycles. The molecular formula is C29H40N4O5S. The molecule has 0 saturated heterocycles. The number of nitrogens with one attached hydrogen (secondary N) is 1. The monoisotopic (exact) mass is 556 g/mol. The molecule has 0 saturated carbocycles. The zero-order valence-electron chi connectivity index (χ0n) is 23.9. The first-order valence-electron chi connectivity index (χ1n) is 13.2. The fourth-order valence-electron chi connectivity index (χ4n) is 4.47. The molecule has 1 unspecified atom stereocenters. The average molecular weight is 557 g/mol. The van der Waals surface area contributed by atoms with Crippen LogP contribution in [0.3, 0.4) is 0 Å². The molecule has 2 aromatic carbocycles. The second-order valence-electron chi connectivity index (χ2n) is 9.78. The Morgan fingerprint density at radius 3 is 2.31 bits per heavy atom. The Kier molecular flexibility index (Phi) is 11.1. The van der Waals surface area contributed by atoms with Gasteiger partial charge in [0, 0.05) is 29.9 Å². The number of rotatable bonds is 12. The van der Waals surface area contributed by atoms with E-state index in [1.807, 2.05) is 37.3 Å². The lowest BCUT2D eigenvalue weighted by atomic mass is 10.0. The topological polar surface area (TPSA) is 92.7 Å². The predicted octanol–water partition coefficient (Wildman–Crippen LogP) is 6.22. The first kappa shape index (κ1) is 30.3. The summed E-state index contributed by atoms with van der Waals surface area (Å²) in [6, 6.07) is 13.7. The quantitative estimate of drug-likeness (QED) is 0.332. The number of carbonyl (C=O) groups excluding carboxylic acids is 2. The van der Waals surface area contributed by atoms with Crippen LogP contribution in [0.2, 0.25) is 0 Å². The van der Waals surface area contributed by atoms with Crippen LogP contribution in [0, 0.1) is 0 Å². The first-order chi connectivity index (χ1) is 18.7. The summed E-state index contributed by atoms with van der Waals surface area (Å²) in [7, 11) is 3.19. The molecular weight excluding hydrogens is 516 g/mol. The number of ether oxygens (including phenoxy) is 3. The first-order valence-corrected chi connectivity index (χ1v) is 14.1. The minimum Gasteiger partial charge on any atom is -0.493 e. The largest absolute Gasteiger partial charge is 0.493 e. The van der Waals surface area contributed by atoms with Gasteiger partial charge in [-0.25, -0.2) is 9.80 Å². The van der Waals surface area contributed by atoms with E-state index in [2.05, 4.69) is 37.9 Å². The predicted molar refractivity (Wildman–Crippen MR) is 157 cm³/mol. The third-order valence-electron chi connectivity index (χ3n) is 6.48. The van der Waals surface area contributed by atoms with Gasteiger partial charge < -0.3 is 14.2 Å². The molecule has 0 radical (unpaired) electrons. The minimum absolute atomic E-state index is 0.0578. The number of benzene rings is 2. The Morgan fingerprint density at radius 2 is 1.72 bits per heavy atom. The highest BCUT2D eigenvalue weighted by Crippen LogP contribution is 2.33. The summed E-state index contributed by atoms with van der Waals surface area (Å²) >= 11 is 1.27. The molecule has 9 nitrogen and oxygen atoms in total. The maximum absolute atomic E-state index is 12.9. The normalized spacial score (nSPS) is 15.5. The van der Waals surface area contributed by atoms with Crippen molar-refractivity contribution >= 4 is 34.5 Å². The second kappa shape index (κ2) is 14.2. The lowest BCUT2D eigenvalue weighted by molar-refractivity contribution is 0.111. The molecule has 2 amide bonds. The zero-order chi connectivity index (χ0) is 28.5. The van der Waals surface area contributed by atoms with Crippen LogP contribution in [0.25, 0.3) is 0 Å². The van der Waals surface area contributed by atoms with Crippen LogP contribution in [0.1, 0.15) is 52.2 Å². The third-order valence-corrected chi connectivity index (χ3v) is 7.73. The Balaban J connectivity index is 1.65. The maximum atomic E-state index is 12.9. The van der Waals surface area contributed by atoms with Crippen LogP contribution >= 0.6 is 11.8 Å². The maximum Gasteiger partial charge on any atom is 0.411 e. The lowest BCUT2D eigenvalue weighted by Gasteiger charge is -2.30. The van der Waals surface area contributed by atoms with Gasteiger partial charge in [-0.15, -0.1) is 0 Å². The minimum atomic E-state index is -0.493.